The van der Waals surface area contributed by atoms with Gasteiger partial charge in [-0.15, -0.1) is 0 Å². The Kier molecular flexibility index (Phi) is 6.06. The lowest BCUT2D eigenvalue weighted by molar-refractivity contribution is -0.113. The van der Waals surface area contributed by atoms with Gasteiger partial charge in [0.25, 0.3) is 5.91 Å². The Morgan fingerprint density at radius 1 is 1.00 bits per heavy atom. The quantitative estimate of drug-likeness (QED) is 0.265. The SMILES string of the molecule is O=C1N/C(=C/c2ccc(OCc3ccccc3)c(I)c2)C(=O)N1c1ccc(Cl)cc1. The molecule has 0 radical (unpaired) electrons. The molecule has 1 saturated heterocycles. The molecule has 0 aliphatic carbocycles. The third-order valence-electron chi connectivity index (χ3n) is 4.47. The van der Waals surface area contributed by atoms with Crippen molar-refractivity contribution in [1.82, 2.24) is 5.32 Å². The van der Waals surface area contributed by atoms with Crippen LogP contribution in [0.4, 0.5) is 10.5 Å². The molecule has 0 atom stereocenters. The van der Waals surface area contributed by atoms with E-state index in [1.54, 1.807) is 30.3 Å². The number of imide groups is 1. The second kappa shape index (κ2) is 8.89. The zero-order valence-electron chi connectivity index (χ0n) is 15.6. The van der Waals surface area contributed by atoms with E-state index in [2.05, 4.69) is 27.9 Å². The molecule has 0 saturated carbocycles. The fourth-order valence-electron chi connectivity index (χ4n) is 2.99. The van der Waals surface area contributed by atoms with Gasteiger partial charge >= 0.3 is 6.03 Å². The lowest BCUT2D eigenvalue weighted by Crippen LogP contribution is -2.30. The first-order valence-electron chi connectivity index (χ1n) is 9.10. The van der Waals surface area contributed by atoms with E-state index >= 15 is 0 Å². The third kappa shape index (κ3) is 4.49. The highest BCUT2D eigenvalue weighted by Crippen LogP contribution is 2.27. The molecule has 0 bridgehead atoms. The summed E-state index contributed by atoms with van der Waals surface area (Å²) in [6, 6.07) is 21.6. The van der Waals surface area contributed by atoms with Crippen molar-refractivity contribution in [3.63, 3.8) is 0 Å². The number of urea groups is 1. The van der Waals surface area contributed by atoms with Crippen LogP contribution in [0.15, 0.2) is 78.5 Å². The van der Waals surface area contributed by atoms with Crippen LogP contribution in [-0.2, 0) is 11.4 Å². The molecule has 1 aliphatic rings. The van der Waals surface area contributed by atoms with Crippen molar-refractivity contribution in [2.75, 3.05) is 4.90 Å². The number of nitrogens with one attached hydrogen (secondary N) is 1. The van der Waals surface area contributed by atoms with E-state index in [-0.39, 0.29) is 5.70 Å². The number of anilines is 1. The number of rotatable bonds is 5. The summed E-state index contributed by atoms with van der Waals surface area (Å²) in [6.07, 6.45) is 1.65. The van der Waals surface area contributed by atoms with Gasteiger partial charge in [0.05, 0.1) is 9.26 Å². The second-order valence-corrected chi connectivity index (χ2v) is 8.17. The van der Waals surface area contributed by atoms with Crippen LogP contribution in [0.25, 0.3) is 6.08 Å². The Balaban J connectivity index is 1.50. The number of carbonyl (C=O) groups excluding carboxylic acids is 2. The molecule has 0 aromatic heterocycles. The average molecular weight is 531 g/mol. The predicted octanol–water partition coefficient (Wildman–Crippen LogP) is 5.62. The molecule has 4 rings (SSSR count). The van der Waals surface area contributed by atoms with Crippen LogP contribution in [0, 0.1) is 3.57 Å². The summed E-state index contributed by atoms with van der Waals surface area (Å²) >= 11 is 8.08. The van der Waals surface area contributed by atoms with Gasteiger partial charge in [-0.05, 0) is 76.2 Å². The van der Waals surface area contributed by atoms with Crippen molar-refractivity contribution < 1.29 is 14.3 Å². The Bertz CT molecular complexity index is 1130. The van der Waals surface area contributed by atoms with Crippen LogP contribution in [0.3, 0.4) is 0 Å². The molecule has 1 heterocycles. The number of hydrogen-bond acceptors (Lipinski definition) is 3. The van der Waals surface area contributed by atoms with Gasteiger partial charge in [-0.3, -0.25) is 4.79 Å². The van der Waals surface area contributed by atoms with Crippen molar-refractivity contribution in [2.24, 2.45) is 0 Å². The first-order chi connectivity index (χ1) is 14.5. The maximum Gasteiger partial charge on any atom is 0.333 e. The first-order valence-corrected chi connectivity index (χ1v) is 10.6. The monoisotopic (exact) mass is 530 g/mol. The van der Waals surface area contributed by atoms with Crippen molar-refractivity contribution in [2.45, 2.75) is 6.61 Å². The molecule has 30 heavy (non-hydrogen) atoms. The van der Waals surface area contributed by atoms with Crippen LogP contribution in [0.5, 0.6) is 5.75 Å². The summed E-state index contributed by atoms with van der Waals surface area (Å²) < 4.78 is 6.79. The lowest BCUT2D eigenvalue weighted by Gasteiger charge is -2.11. The molecular weight excluding hydrogens is 515 g/mol. The Labute approximate surface area is 192 Å². The summed E-state index contributed by atoms with van der Waals surface area (Å²) in [6.45, 7) is 0.474. The summed E-state index contributed by atoms with van der Waals surface area (Å²) in [7, 11) is 0. The van der Waals surface area contributed by atoms with Gasteiger partial charge in [0.2, 0.25) is 0 Å². The molecule has 1 aliphatic heterocycles. The molecule has 0 unspecified atom stereocenters. The molecule has 3 aromatic rings. The topological polar surface area (TPSA) is 58.6 Å². The maximum absolute atomic E-state index is 12.7. The van der Waals surface area contributed by atoms with E-state index in [1.165, 1.54) is 0 Å². The van der Waals surface area contributed by atoms with E-state index in [1.807, 2.05) is 48.5 Å². The smallest absolute Gasteiger partial charge is 0.333 e. The number of hydrogen-bond donors (Lipinski definition) is 1. The number of halogens is 2. The molecule has 7 heteroatoms. The van der Waals surface area contributed by atoms with E-state index in [0.29, 0.717) is 17.3 Å². The number of nitrogens with zero attached hydrogens (tertiary/aromatic N) is 1. The average Bonchev–Trinajstić information content (AvgIpc) is 3.02. The molecule has 5 nitrogen and oxygen atoms in total. The highest BCUT2D eigenvalue weighted by Gasteiger charge is 2.34. The van der Waals surface area contributed by atoms with Crippen molar-refractivity contribution >= 4 is 57.9 Å². The molecular formula is C23H16ClIN2O3. The maximum atomic E-state index is 12.7. The number of amides is 3. The molecule has 0 spiro atoms. The zero-order chi connectivity index (χ0) is 21.1. The Hall–Kier alpha value is -2.84. The van der Waals surface area contributed by atoms with Gasteiger partial charge < -0.3 is 10.1 Å². The Morgan fingerprint density at radius 2 is 1.73 bits per heavy atom. The van der Waals surface area contributed by atoms with Crippen LogP contribution in [0.2, 0.25) is 5.02 Å². The lowest BCUT2D eigenvalue weighted by atomic mass is 10.2. The summed E-state index contributed by atoms with van der Waals surface area (Å²) in [4.78, 5) is 26.1. The standard InChI is InChI=1S/C23H16ClIN2O3/c24-17-7-9-18(10-8-17)27-22(28)20(26-23(27)29)13-16-6-11-21(19(25)12-16)30-14-15-4-2-1-3-5-15/h1-13H,14H2,(H,26,29)/b20-13+. The number of ether oxygens (including phenoxy) is 1. The van der Waals surface area contributed by atoms with Crippen LogP contribution >= 0.6 is 34.2 Å². The van der Waals surface area contributed by atoms with E-state index in [0.717, 1.165) is 25.3 Å². The van der Waals surface area contributed by atoms with Crippen molar-refractivity contribution in [3.05, 3.63) is 98.2 Å². The Morgan fingerprint density at radius 3 is 2.43 bits per heavy atom. The minimum atomic E-state index is -0.494. The van der Waals surface area contributed by atoms with E-state index in [9.17, 15) is 9.59 Å². The molecule has 1 N–H and O–H groups in total. The van der Waals surface area contributed by atoms with Crippen molar-refractivity contribution in [3.8, 4) is 5.75 Å². The molecule has 150 valence electrons. The second-order valence-electron chi connectivity index (χ2n) is 6.57. The number of carbonyl (C=O) groups is 2. The van der Waals surface area contributed by atoms with Gasteiger partial charge in [0.1, 0.15) is 18.1 Å². The minimum absolute atomic E-state index is 0.212. The van der Waals surface area contributed by atoms with Crippen molar-refractivity contribution in [1.29, 1.82) is 0 Å². The van der Waals surface area contributed by atoms with Gasteiger partial charge in [0.15, 0.2) is 0 Å². The summed E-state index contributed by atoms with van der Waals surface area (Å²) in [5.74, 6) is 0.341. The van der Waals surface area contributed by atoms with E-state index < -0.39 is 11.9 Å². The first kappa shape index (κ1) is 20.4. The summed E-state index contributed by atoms with van der Waals surface area (Å²) in [5.41, 5.74) is 2.54. The number of benzene rings is 3. The van der Waals surface area contributed by atoms with E-state index in [4.69, 9.17) is 16.3 Å². The largest absolute Gasteiger partial charge is 0.488 e. The highest BCUT2D eigenvalue weighted by molar-refractivity contribution is 14.1. The molecule has 3 aromatic carbocycles. The van der Waals surface area contributed by atoms with Crippen LogP contribution < -0.4 is 15.0 Å². The minimum Gasteiger partial charge on any atom is -0.488 e. The highest BCUT2D eigenvalue weighted by atomic mass is 127. The molecule has 1 fully saturated rings. The van der Waals surface area contributed by atoms with Gasteiger partial charge in [-0.25, -0.2) is 9.69 Å². The fourth-order valence-corrected chi connectivity index (χ4v) is 3.81. The normalized spacial score (nSPS) is 14.9. The van der Waals surface area contributed by atoms with Gasteiger partial charge in [0, 0.05) is 5.02 Å². The van der Waals surface area contributed by atoms with Crippen LogP contribution in [-0.4, -0.2) is 11.9 Å². The fraction of sp³-hybridized carbons (Fsp3) is 0.0435. The van der Waals surface area contributed by atoms with Gasteiger partial charge in [-0.2, -0.15) is 0 Å². The zero-order valence-corrected chi connectivity index (χ0v) is 18.6. The summed E-state index contributed by atoms with van der Waals surface area (Å²) in [5, 5.41) is 3.16. The predicted molar refractivity (Wildman–Crippen MR) is 125 cm³/mol. The van der Waals surface area contributed by atoms with Crippen LogP contribution in [0.1, 0.15) is 11.1 Å². The van der Waals surface area contributed by atoms with Gasteiger partial charge in [-0.1, -0.05) is 48.0 Å². The molecule has 3 amide bonds. The third-order valence-corrected chi connectivity index (χ3v) is 5.56.